The van der Waals surface area contributed by atoms with Crippen LogP contribution in [0.1, 0.15) is 55.3 Å². The number of aryl methyl sites for hydroxylation is 2. The number of benzene rings is 1. The molecule has 1 aromatic carbocycles. The van der Waals surface area contributed by atoms with E-state index >= 15 is 0 Å². The van der Waals surface area contributed by atoms with Gasteiger partial charge in [-0.2, -0.15) is 0 Å². The average Bonchev–Trinajstić information content (AvgIpc) is 2.86. The zero-order valence-electron chi connectivity index (χ0n) is 13.7. The predicted octanol–water partition coefficient (Wildman–Crippen LogP) is 4.64. The highest BCUT2D eigenvalue weighted by atomic mass is 15.0. The van der Waals surface area contributed by atoms with E-state index in [2.05, 4.69) is 44.3 Å². The Balaban J connectivity index is 1.60. The van der Waals surface area contributed by atoms with Gasteiger partial charge in [0.1, 0.15) is 0 Å². The molecule has 2 bridgehead atoms. The standard InChI is InChI=1S/C20H29N/c1-4-7-21-20(16-9-12(2)8-13(3)10-16)19-17-14-5-6-15(11-14)18(17)19/h8-10,14-15,17-21H,4-7,11H2,1-3H3. The van der Waals surface area contributed by atoms with Crippen molar-refractivity contribution >= 4 is 0 Å². The minimum Gasteiger partial charge on any atom is -0.310 e. The maximum absolute atomic E-state index is 3.90. The molecule has 21 heavy (non-hydrogen) atoms. The first-order chi connectivity index (χ1) is 10.2. The molecule has 0 aromatic heterocycles. The Morgan fingerprint density at radius 1 is 1.05 bits per heavy atom. The summed E-state index contributed by atoms with van der Waals surface area (Å²) < 4.78 is 0. The first kappa shape index (κ1) is 13.8. The van der Waals surface area contributed by atoms with E-state index in [1.807, 2.05) is 0 Å². The second-order valence-electron chi connectivity index (χ2n) is 7.92. The Labute approximate surface area is 129 Å². The van der Waals surface area contributed by atoms with Crippen LogP contribution < -0.4 is 5.32 Å². The van der Waals surface area contributed by atoms with Crippen molar-refractivity contribution in [2.45, 2.75) is 52.5 Å². The normalized spacial score (nSPS) is 37.6. The van der Waals surface area contributed by atoms with Crippen LogP contribution >= 0.6 is 0 Å². The highest BCUT2D eigenvalue weighted by Crippen LogP contribution is 2.72. The Bertz CT molecular complexity index is 498. The van der Waals surface area contributed by atoms with Gasteiger partial charge in [-0.1, -0.05) is 36.2 Å². The molecule has 1 heteroatoms. The van der Waals surface area contributed by atoms with E-state index in [1.165, 1.54) is 30.4 Å². The molecule has 0 radical (unpaired) electrons. The third-order valence-electron chi connectivity index (χ3n) is 6.40. The van der Waals surface area contributed by atoms with Crippen molar-refractivity contribution in [1.29, 1.82) is 0 Å². The molecule has 3 saturated carbocycles. The molecule has 5 atom stereocenters. The number of hydrogen-bond donors (Lipinski definition) is 1. The van der Waals surface area contributed by atoms with Crippen LogP contribution in [0.5, 0.6) is 0 Å². The van der Waals surface area contributed by atoms with Gasteiger partial charge in [-0.05, 0) is 81.2 Å². The van der Waals surface area contributed by atoms with E-state index in [-0.39, 0.29) is 0 Å². The van der Waals surface area contributed by atoms with Crippen LogP contribution in [-0.4, -0.2) is 6.54 Å². The highest BCUT2D eigenvalue weighted by molar-refractivity contribution is 5.33. The number of hydrogen-bond acceptors (Lipinski definition) is 1. The van der Waals surface area contributed by atoms with Crippen molar-refractivity contribution in [1.82, 2.24) is 5.32 Å². The van der Waals surface area contributed by atoms with E-state index in [0.717, 1.165) is 36.1 Å². The lowest BCUT2D eigenvalue weighted by Gasteiger charge is -2.23. The van der Waals surface area contributed by atoms with Crippen molar-refractivity contribution in [3.8, 4) is 0 Å². The van der Waals surface area contributed by atoms with Crippen LogP contribution in [0.25, 0.3) is 0 Å². The number of rotatable bonds is 5. The molecule has 1 nitrogen and oxygen atoms in total. The smallest absolute Gasteiger partial charge is 0.0354 e. The van der Waals surface area contributed by atoms with E-state index in [9.17, 15) is 0 Å². The summed E-state index contributed by atoms with van der Waals surface area (Å²) in [5.74, 6) is 5.19. The number of nitrogens with one attached hydrogen (secondary N) is 1. The molecular formula is C20H29N. The van der Waals surface area contributed by atoms with Crippen LogP contribution in [0.2, 0.25) is 0 Å². The largest absolute Gasteiger partial charge is 0.310 e. The summed E-state index contributed by atoms with van der Waals surface area (Å²) in [5.41, 5.74) is 4.39. The third kappa shape index (κ3) is 2.25. The third-order valence-corrected chi connectivity index (χ3v) is 6.40. The maximum atomic E-state index is 3.90. The average molecular weight is 283 g/mol. The Morgan fingerprint density at radius 2 is 1.67 bits per heavy atom. The van der Waals surface area contributed by atoms with E-state index in [1.54, 1.807) is 12.0 Å². The fourth-order valence-electron chi connectivity index (χ4n) is 5.80. The first-order valence-electron chi connectivity index (χ1n) is 9.00. The highest BCUT2D eigenvalue weighted by Gasteiger charge is 2.66. The Morgan fingerprint density at radius 3 is 2.24 bits per heavy atom. The van der Waals surface area contributed by atoms with Crippen molar-refractivity contribution in [2.24, 2.45) is 29.6 Å². The van der Waals surface area contributed by atoms with Gasteiger partial charge in [0, 0.05) is 6.04 Å². The second-order valence-corrected chi connectivity index (χ2v) is 7.92. The van der Waals surface area contributed by atoms with Crippen molar-refractivity contribution < 1.29 is 0 Å². The lowest BCUT2D eigenvalue weighted by molar-refractivity contribution is 0.370. The molecule has 3 aliphatic carbocycles. The molecule has 0 spiro atoms. The molecule has 0 heterocycles. The van der Waals surface area contributed by atoms with Crippen molar-refractivity contribution in [2.75, 3.05) is 6.54 Å². The molecule has 5 unspecified atom stereocenters. The summed E-state index contributed by atoms with van der Waals surface area (Å²) >= 11 is 0. The van der Waals surface area contributed by atoms with E-state index in [4.69, 9.17) is 0 Å². The molecule has 1 N–H and O–H groups in total. The van der Waals surface area contributed by atoms with Crippen molar-refractivity contribution in [3.05, 3.63) is 34.9 Å². The fourth-order valence-corrected chi connectivity index (χ4v) is 5.80. The van der Waals surface area contributed by atoms with Gasteiger partial charge in [0.15, 0.2) is 0 Å². The Kier molecular flexibility index (Phi) is 3.37. The molecule has 3 aliphatic rings. The summed E-state index contributed by atoms with van der Waals surface area (Å²) in [6.45, 7) is 7.92. The van der Waals surface area contributed by atoms with Crippen LogP contribution in [0.15, 0.2) is 18.2 Å². The SMILES string of the molecule is CCCNC(c1cc(C)cc(C)c1)C1C2C3CCC(C3)C21. The first-order valence-corrected chi connectivity index (χ1v) is 9.00. The summed E-state index contributed by atoms with van der Waals surface area (Å²) in [5, 5.41) is 3.90. The predicted molar refractivity (Wildman–Crippen MR) is 88.3 cm³/mol. The summed E-state index contributed by atoms with van der Waals surface area (Å²) in [4.78, 5) is 0. The van der Waals surface area contributed by atoms with Gasteiger partial charge in [0.05, 0.1) is 0 Å². The topological polar surface area (TPSA) is 12.0 Å². The molecular weight excluding hydrogens is 254 g/mol. The zero-order chi connectivity index (χ0) is 14.6. The summed E-state index contributed by atoms with van der Waals surface area (Å²) in [6.07, 6.45) is 5.83. The molecule has 4 rings (SSSR count). The Hall–Kier alpha value is -0.820. The lowest BCUT2D eigenvalue weighted by Crippen LogP contribution is -2.26. The van der Waals surface area contributed by atoms with Gasteiger partial charge in [-0.25, -0.2) is 0 Å². The lowest BCUT2D eigenvalue weighted by atomic mass is 9.91. The van der Waals surface area contributed by atoms with Gasteiger partial charge in [-0.15, -0.1) is 0 Å². The van der Waals surface area contributed by atoms with E-state index in [0.29, 0.717) is 6.04 Å². The molecule has 114 valence electrons. The minimum atomic E-state index is 0.613. The summed E-state index contributed by atoms with van der Waals surface area (Å²) in [6, 6.07) is 7.77. The van der Waals surface area contributed by atoms with Gasteiger partial charge in [0.25, 0.3) is 0 Å². The minimum absolute atomic E-state index is 0.613. The molecule has 0 aliphatic heterocycles. The molecule has 3 fully saturated rings. The van der Waals surface area contributed by atoms with E-state index < -0.39 is 0 Å². The molecule has 1 aromatic rings. The van der Waals surface area contributed by atoms with Crippen LogP contribution in [0.4, 0.5) is 0 Å². The van der Waals surface area contributed by atoms with Crippen LogP contribution in [-0.2, 0) is 0 Å². The van der Waals surface area contributed by atoms with Crippen LogP contribution in [0.3, 0.4) is 0 Å². The fraction of sp³-hybridized carbons (Fsp3) is 0.700. The quantitative estimate of drug-likeness (QED) is 0.830. The van der Waals surface area contributed by atoms with Crippen LogP contribution in [0, 0.1) is 43.4 Å². The molecule has 0 saturated heterocycles. The second kappa shape index (κ2) is 5.12. The number of fused-ring (bicyclic) bond motifs is 5. The van der Waals surface area contributed by atoms with Crippen molar-refractivity contribution in [3.63, 3.8) is 0 Å². The summed E-state index contributed by atoms with van der Waals surface area (Å²) in [7, 11) is 0. The maximum Gasteiger partial charge on any atom is 0.0354 e. The molecule has 0 amide bonds. The van der Waals surface area contributed by atoms with Gasteiger partial charge in [0.2, 0.25) is 0 Å². The van der Waals surface area contributed by atoms with Gasteiger partial charge < -0.3 is 5.32 Å². The van der Waals surface area contributed by atoms with Gasteiger partial charge >= 0.3 is 0 Å². The monoisotopic (exact) mass is 283 g/mol. The zero-order valence-corrected chi connectivity index (χ0v) is 13.7. The van der Waals surface area contributed by atoms with Gasteiger partial charge in [-0.3, -0.25) is 0 Å².